The van der Waals surface area contributed by atoms with Gasteiger partial charge < -0.3 is 15.1 Å². The summed E-state index contributed by atoms with van der Waals surface area (Å²) in [5.74, 6) is 0.471. The largest absolute Gasteiger partial charge is 0.383 e. The molecule has 2 N–H and O–H groups in total. The summed E-state index contributed by atoms with van der Waals surface area (Å²) < 4.78 is 1.83. The van der Waals surface area contributed by atoms with E-state index >= 15 is 0 Å². The van der Waals surface area contributed by atoms with E-state index in [2.05, 4.69) is 9.97 Å². The molecular formula is C14H12N4O. The Kier molecular flexibility index (Phi) is 2.72. The van der Waals surface area contributed by atoms with Gasteiger partial charge in [0.15, 0.2) is 0 Å². The fraction of sp³-hybridized carbons (Fsp3) is 0.0714. The Bertz CT molecular complexity index is 748. The van der Waals surface area contributed by atoms with Crippen LogP contribution in [0.2, 0.25) is 0 Å². The van der Waals surface area contributed by atoms with Crippen molar-refractivity contribution >= 4 is 23.0 Å². The van der Waals surface area contributed by atoms with E-state index in [-0.39, 0.29) is 0 Å². The number of nitrogens with zero attached hydrogens (tertiary/aromatic N) is 3. The van der Waals surface area contributed by atoms with Crippen molar-refractivity contribution in [3.63, 3.8) is 0 Å². The number of aldehydes is 1. The average Bonchev–Trinajstić information content (AvgIpc) is 2.88. The van der Waals surface area contributed by atoms with E-state index in [1.54, 1.807) is 0 Å². The molecule has 19 heavy (non-hydrogen) atoms. The molecule has 0 aliphatic carbocycles. The molecule has 5 nitrogen and oxygen atoms in total. The summed E-state index contributed by atoms with van der Waals surface area (Å²) in [5, 5.41) is 0.836. The van der Waals surface area contributed by atoms with Crippen molar-refractivity contribution in [3.8, 4) is 11.1 Å². The molecule has 0 aliphatic heterocycles. The topological polar surface area (TPSA) is 73.8 Å². The molecule has 2 aromatic heterocycles. The van der Waals surface area contributed by atoms with Crippen LogP contribution in [0, 0.1) is 0 Å². The minimum atomic E-state index is 0.360. The maximum Gasteiger partial charge on any atom is 0.139 e. The summed E-state index contributed by atoms with van der Waals surface area (Å²) >= 11 is 0. The van der Waals surface area contributed by atoms with Crippen molar-refractivity contribution in [1.29, 1.82) is 0 Å². The normalized spacial score (nSPS) is 10.7. The molecule has 0 radical (unpaired) electrons. The number of aromatic nitrogens is 3. The SMILES string of the molecule is Nc1ncnc2ccc(-c3ccn(CC=O)c3)cc12. The molecule has 2 heterocycles. The number of benzene rings is 1. The van der Waals surface area contributed by atoms with Gasteiger partial charge in [-0.25, -0.2) is 9.97 Å². The van der Waals surface area contributed by atoms with Gasteiger partial charge in [-0.2, -0.15) is 0 Å². The van der Waals surface area contributed by atoms with E-state index in [4.69, 9.17) is 5.73 Å². The first-order valence-corrected chi connectivity index (χ1v) is 5.88. The summed E-state index contributed by atoms with van der Waals surface area (Å²) in [5.41, 5.74) is 8.74. The summed E-state index contributed by atoms with van der Waals surface area (Å²) in [6.45, 7) is 0.360. The lowest BCUT2D eigenvalue weighted by Crippen LogP contribution is -1.94. The first-order chi connectivity index (χ1) is 9.28. The fourth-order valence-electron chi connectivity index (χ4n) is 2.07. The molecule has 0 saturated heterocycles. The monoisotopic (exact) mass is 252 g/mol. The molecule has 0 aliphatic rings. The Morgan fingerprint density at radius 1 is 1.21 bits per heavy atom. The molecule has 3 aromatic rings. The highest BCUT2D eigenvalue weighted by Crippen LogP contribution is 2.25. The summed E-state index contributed by atoms with van der Waals surface area (Å²) in [7, 11) is 0. The van der Waals surface area contributed by atoms with E-state index < -0.39 is 0 Å². The number of nitrogen functional groups attached to an aromatic ring is 1. The highest BCUT2D eigenvalue weighted by molar-refractivity contribution is 5.91. The van der Waals surface area contributed by atoms with Crippen molar-refractivity contribution in [2.45, 2.75) is 6.54 Å². The Morgan fingerprint density at radius 2 is 2.11 bits per heavy atom. The number of hydrogen-bond acceptors (Lipinski definition) is 4. The van der Waals surface area contributed by atoms with Gasteiger partial charge >= 0.3 is 0 Å². The van der Waals surface area contributed by atoms with E-state index in [0.717, 1.165) is 28.3 Å². The molecule has 3 rings (SSSR count). The van der Waals surface area contributed by atoms with Gasteiger partial charge in [0.05, 0.1) is 12.1 Å². The molecule has 0 bridgehead atoms. The van der Waals surface area contributed by atoms with Gasteiger partial charge in [0.2, 0.25) is 0 Å². The van der Waals surface area contributed by atoms with Crippen LogP contribution in [0.5, 0.6) is 0 Å². The minimum Gasteiger partial charge on any atom is -0.383 e. The number of rotatable bonds is 3. The van der Waals surface area contributed by atoms with Crippen LogP contribution in [0.15, 0.2) is 43.0 Å². The standard InChI is InChI=1S/C14H12N4O/c15-14-12-7-10(1-2-13(12)16-9-17-14)11-3-4-18(8-11)5-6-19/h1-4,6-9H,5H2,(H2,15,16,17). The summed E-state index contributed by atoms with van der Waals surface area (Å²) in [4.78, 5) is 18.6. The van der Waals surface area contributed by atoms with Crippen LogP contribution < -0.4 is 5.73 Å². The van der Waals surface area contributed by atoms with Gasteiger partial charge in [0.25, 0.3) is 0 Å². The zero-order valence-corrected chi connectivity index (χ0v) is 10.2. The van der Waals surface area contributed by atoms with Gasteiger partial charge in [-0.3, -0.25) is 0 Å². The third kappa shape index (κ3) is 2.06. The predicted molar refractivity (Wildman–Crippen MR) is 73.4 cm³/mol. The zero-order chi connectivity index (χ0) is 13.2. The Hall–Kier alpha value is -2.69. The quantitative estimate of drug-likeness (QED) is 0.722. The number of carbonyl (C=O) groups excluding carboxylic acids is 1. The summed E-state index contributed by atoms with van der Waals surface area (Å²) in [6, 6.07) is 7.82. The molecule has 94 valence electrons. The lowest BCUT2D eigenvalue weighted by Gasteiger charge is -2.03. The summed E-state index contributed by atoms with van der Waals surface area (Å²) in [6.07, 6.45) is 6.13. The van der Waals surface area contributed by atoms with E-state index in [1.165, 1.54) is 6.33 Å². The maximum absolute atomic E-state index is 10.5. The lowest BCUT2D eigenvalue weighted by atomic mass is 10.1. The number of fused-ring (bicyclic) bond motifs is 1. The van der Waals surface area contributed by atoms with Crippen LogP contribution in [0.4, 0.5) is 5.82 Å². The van der Waals surface area contributed by atoms with E-state index in [1.807, 2.05) is 41.2 Å². The van der Waals surface area contributed by atoms with Gasteiger partial charge in [-0.05, 0) is 29.3 Å². The zero-order valence-electron chi connectivity index (χ0n) is 10.2. The third-order valence-corrected chi connectivity index (χ3v) is 3.04. The van der Waals surface area contributed by atoms with Gasteiger partial charge in [0.1, 0.15) is 18.4 Å². The second-order valence-electron chi connectivity index (χ2n) is 4.25. The molecule has 0 amide bonds. The number of carbonyl (C=O) groups is 1. The van der Waals surface area contributed by atoms with Crippen LogP contribution in [0.3, 0.4) is 0 Å². The fourth-order valence-corrected chi connectivity index (χ4v) is 2.07. The molecule has 0 fully saturated rings. The number of hydrogen-bond donors (Lipinski definition) is 1. The first-order valence-electron chi connectivity index (χ1n) is 5.88. The Balaban J connectivity index is 2.09. The van der Waals surface area contributed by atoms with Gasteiger partial charge in [0, 0.05) is 17.8 Å². The molecule has 0 spiro atoms. The second kappa shape index (κ2) is 4.53. The van der Waals surface area contributed by atoms with Gasteiger partial charge in [-0.1, -0.05) is 6.07 Å². The van der Waals surface area contributed by atoms with Crippen molar-refractivity contribution in [1.82, 2.24) is 14.5 Å². The smallest absolute Gasteiger partial charge is 0.139 e. The number of anilines is 1. The second-order valence-corrected chi connectivity index (χ2v) is 4.25. The lowest BCUT2D eigenvalue weighted by molar-refractivity contribution is -0.108. The van der Waals surface area contributed by atoms with Crippen molar-refractivity contribution in [2.75, 3.05) is 5.73 Å². The Labute approximate surface area is 109 Å². The van der Waals surface area contributed by atoms with Crippen LogP contribution >= 0.6 is 0 Å². The molecule has 5 heteroatoms. The predicted octanol–water partition coefficient (Wildman–Crippen LogP) is 1.88. The van der Waals surface area contributed by atoms with E-state index in [0.29, 0.717) is 12.4 Å². The van der Waals surface area contributed by atoms with Gasteiger partial charge in [-0.15, -0.1) is 0 Å². The van der Waals surface area contributed by atoms with Crippen LogP contribution in [0.25, 0.3) is 22.0 Å². The Morgan fingerprint density at radius 3 is 2.95 bits per heavy atom. The minimum absolute atomic E-state index is 0.360. The molecule has 1 aromatic carbocycles. The molecule has 0 unspecified atom stereocenters. The highest BCUT2D eigenvalue weighted by Gasteiger charge is 2.05. The van der Waals surface area contributed by atoms with Crippen LogP contribution in [-0.2, 0) is 11.3 Å². The number of nitrogens with two attached hydrogens (primary N) is 1. The van der Waals surface area contributed by atoms with Crippen molar-refractivity contribution in [2.24, 2.45) is 0 Å². The maximum atomic E-state index is 10.5. The van der Waals surface area contributed by atoms with E-state index in [9.17, 15) is 4.79 Å². The molecule has 0 saturated carbocycles. The van der Waals surface area contributed by atoms with Crippen LogP contribution in [-0.4, -0.2) is 20.8 Å². The molecule has 0 atom stereocenters. The van der Waals surface area contributed by atoms with Crippen molar-refractivity contribution in [3.05, 3.63) is 43.0 Å². The van der Waals surface area contributed by atoms with Crippen LogP contribution in [0.1, 0.15) is 0 Å². The first kappa shape index (κ1) is 11.4. The highest BCUT2D eigenvalue weighted by atomic mass is 16.1. The molecular weight excluding hydrogens is 240 g/mol. The third-order valence-electron chi connectivity index (χ3n) is 3.04. The van der Waals surface area contributed by atoms with Crippen molar-refractivity contribution < 1.29 is 4.79 Å². The average molecular weight is 252 g/mol.